The number of hydrogen-bond donors (Lipinski definition) is 1. The van der Waals surface area contributed by atoms with Gasteiger partial charge in [0.15, 0.2) is 0 Å². The summed E-state index contributed by atoms with van der Waals surface area (Å²) in [4.78, 5) is 4.66. The number of fused-ring (bicyclic) bond motifs is 1. The molecule has 3 aromatic rings. The van der Waals surface area contributed by atoms with Crippen LogP contribution in [0.25, 0.3) is 10.2 Å². The minimum absolute atomic E-state index is 0.00627. The topological polar surface area (TPSA) is 38.9 Å². The normalized spacial score (nSPS) is 13.0. The monoisotopic (exact) mass is 296 g/mol. The largest absolute Gasteiger partial charge is 0.324 e. The zero-order chi connectivity index (χ0) is 14.8. The lowest BCUT2D eigenvalue weighted by atomic mass is 9.98. The van der Waals surface area contributed by atoms with Crippen molar-refractivity contribution in [3.05, 3.63) is 64.7 Å². The summed E-state index contributed by atoms with van der Waals surface area (Å²) in [5, 5.41) is 1.11. The van der Waals surface area contributed by atoms with Gasteiger partial charge in [-0.2, -0.15) is 0 Å². The molecule has 1 aromatic heterocycles. The van der Waals surface area contributed by atoms with Gasteiger partial charge in [-0.25, -0.2) is 4.98 Å². The molecule has 0 aliphatic carbocycles. The van der Waals surface area contributed by atoms with Crippen molar-refractivity contribution in [3.63, 3.8) is 0 Å². The second kappa shape index (κ2) is 5.96. The molecule has 1 atom stereocenters. The van der Waals surface area contributed by atoms with E-state index >= 15 is 0 Å². The van der Waals surface area contributed by atoms with Gasteiger partial charge in [0, 0.05) is 12.5 Å². The third-order valence-corrected chi connectivity index (χ3v) is 4.82. The first kappa shape index (κ1) is 14.2. The summed E-state index contributed by atoms with van der Waals surface area (Å²) in [7, 11) is 0. The van der Waals surface area contributed by atoms with Crippen molar-refractivity contribution in [2.75, 3.05) is 0 Å². The smallest absolute Gasteiger partial charge is 0.0957 e. The Labute approximate surface area is 129 Å². The molecule has 0 aliphatic heterocycles. The summed E-state index contributed by atoms with van der Waals surface area (Å²) < 4.78 is 1.23. The van der Waals surface area contributed by atoms with Gasteiger partial charge in [-0.1, -0.05) is 50.2 Å². The zero-order valence-electron chi connectivity index (χ0n) is 12.4. The Balaban J connectivity index is 1.77. The summed E-state index contributed by atoms with van der Waals surface area (Å²) in [6.45, 7) is 4.41. The summed E-state index contributed by atoms with van der Waals surface area (Å²) in [6, 6.07) is 16.9. The molecule has 21 heavy (non-hydrogen) atoms. The first-order valence-electron chi connectivity index (χ1n) is 7.33. The van der Waals surface area contributed by atoms with Crippen molar-refractivity contribution in [1.29, 1.82) is 0 Å². The molecule has 0 amide bonds. The van der Waals surface area contributed by atoms with Crippen LogP contribution in [-0.4, -0.2) is 4.98 Å². The van der Waals surface area contributed by atoms with Crippen molar-refractivity contribution in [1.82, 2.24) is 4.98 Å². The number of benzene rings is 2. The van der Waals surface area contributed by atoms with E-state index in [1.165, 1.54) is 15.8 Å². The molecular formula is C18H20N2S. The molecule has 1 unspecified atom stereocenters. The van der Waals surface area contributed by atoms with Crippen LogP contribution in [0.15, 0.2) is 48.5 Å². The summed E-state index contributed by atoms with van der Waals surface area (Å²) in [6.07, 6.45) is 0.792. The molecule has 0 aliphatic rings. The van der Waals surface area contributed by atoms with E-state index in [0.29, 0.717) is 5.92 Å². The Morgan fingerprint density at radius 2 is 1.67 bits per heavy atom. The van der Waals surface area contributed by atoms with Crippen molar-refractivity contribution in [3.8, 4) is 0 Å². The fraction of sp³-hybridized carbons (Fsp3) is 0.278. The van der Waals surface area contributed by atoms with E-state index in [-0.39, 0.29) is 6.04 Å². The highest BCUT2D eigenvalue weighted by atomic mass is 32.1. The third kappa shape index (κ3) is 3.14. The third-order valence-electron chi connectivity index (χ3n) is 3.76. The molecule has 1 heterocycles. The van der Waals surface area contributed by atoms with E-state index in [9.17, 15) is 0 Å². The van der Waals surface area contributed by atoms with Crippen molar-refractivity contribution < 1.29 is 0 Å². The highest BCUT2D eigenvalue weighted by Gasteiger charge is 2.11. The lowest BCUT2D eigenvalue weighted by molar-refractivity contribution is 0.717. The SMILES string of the molecule is CC(C)c1ccc(C(N)Cc2nc3ccccc3s2)cc1. The molecule has 2 aromatic carbocycles. The Bertz CT molecular complexity index is 695. The van der Waals surface area contributed by atoms with Crippen molar-refractivity contribution in [2.45, 2.75) is 32.2 Å². The zero-order valence-corrected chi connectivity index (χ0v) is 13.2. The fourth-order valence-corrected chi connectivity index (χ4v) is 3.47. The van der Waals surface area contributed by atoms with Gasteiger partial charge in [0.05, 0.1) is 15.2 Å². The molecule has 3 heteroatoms. The Hall–Kier alpha value is -1.71. The molecule has 108 valence electrons. The molecule has 0 saturated heterocycles. The lowest BCUT2D eigenvalue weighted by Gasteiger charge is -2.12. The maximum Gasteiger partial charge on any atom is 0.0957 e. The maximum absolute atomic E-state index is 6.34. The standard InChI is InChI=1S/C18H20N2S/c1-12(2)13-7-9-14(10-8-13)15(19)11-18-20-16-5-3-4-6-17(16)21-18/h3-10,12,15H,11,19H2,1-2H3. The van der Waals surface area contributed by atoms with E-state index in [2.05, 4.69) is 61.3 Å². The summed E-state index contributed by atoms with van der Waals surface area (Å²) in [5.41, 5.74) is 9.94. The number of nitrogens with zero attached hydrogens (tertiary/aromatic N) is 1. The van der Waals surface area contributed by atoms with Crippen LogP contribution in [0.1, 0.15) is 41.9 Å². The minimum atomic E-state index is 0.00627. The van der Waals surface area contributed by atoms with Crippen LogP contribution in [0, 0.1) is 0 Å². The molecule has 2 N–H and O–H groups in total. The van der Waals surface area contributed by atoms with Crippen LogP contribution in [0.3, 0.4) is 0 Å². The number of hydrogen-bond acceptors (Lipinski definition) is 3. The van der Waals surface area contributed by atoms with Crippen LogP contribution in [0.4, 0.5) is 0 Å². The van der Waals surface area contributed by atoms with Gasteiger partial charge in [-0.05, 0) is 29.2 Å². The van der Waals surface area contributed by atoms with E-state index < -0.39 is 0 Å². The Morgan fingerprint density at radius 3 is 2.33 bits per heavy atom. The number of rotatable bonds is 4. The highest BCUT2D eigenvalue weighted by molar-refractivity contribution is 7.18. The van der Waals surface area contributed by atoms with Gasteiger partial charge < -0.3 is 5.73 Å². The Morgan fingerprint density at radius 1 is 1.00 bits per heavy atom. The quantitative estimate of drug-likeness (QED) is 0.760. The summed E-state index contributed by atoms with van der Waals surface area (Å²) in [5.74, 6) is 0.555. The average Bonchev–Trinajstić information content (AvgIpc) is 2.89. The van der Waals surface area contributed by atoms with E-state index in [0.717, 1.165) is 16.9 Å². The van der Waals surface area contributed by atoms with E-state index in [1.807, 2.05) is 6.07 Å². The molecule has 2 nitrogen and oxygen atoms in total. The van der Waals surface area contributed by atoms with Gasteiger partial charge in [-0.3, -0.25) is 0 Å². The maximum atomic E-state index is 6.34. The lowest BCUT2D eigenvalue weighted by Crippen LogP contribution is -2.13. The van der Waals surface area contributed by atoms with Gasteiger partial charge in [0.2, 0.25) is 0 Å². The molecule has 0 spiro atoms. The van der Waals surface area contributed by atoms with Gasteiger partial charge >= 0.3 is 0 Å². The summed E-state index contributed by atoms with van der Waals surface area (Å²) >= 11 is 1.74. The molecule has 3 rings (SSSR count). The first-order chi connectivity index (χ1) is 10.1. The predicted octanol–water partition coefficient (Wildman–Crippen LogP) is 4.66. The number of nitrogens with two attached hydrogens (primary N) is 1. The van der Waals surface area contributed by atoms with Crippen LogP contribution < -0.4 is 5.73 Å². The number of thiazole rings is 1. The molecule has 0 fully saturated rings. The van der Waals surface area contributed by atoms with Gasteiger partial charge in [-0.15, -0.1) is 11.3 Å². The molecule has 0 bridgehead atoms. The molecule has 0 saturated carbocycles. The van der Waals surface area contributed by atoms with E-state index in [1.54, 1.807) is 11.3 Å². The minimum Gasteiger partial charge on any atom is -0.324 e. The van der Waals surface area contributed by atoms with Crippen molar-refractivity contribution in [2.24, 2.45) is 5.73 Å². The fourth-order valence-electron chi connectivity index (χ4n) is 2.44. The molecular weight excluding hydrogens is 276 g/mol. The number of aromatic nitrogens is 1. The van der Waals surface area contributed by atoms with Crippen LogP contribution in [0.2, 0.25) is 0 Å². The van der Waals surface area contributed by atoms with Crippen LogP contribution in [0.5, 0.6) is 0 Å². The van der Waals surface area contributed by atoms with Crippen molar-refractivity contribution >= 4 is 21.6 Å². The second-order valence-electron chi connectivity index (χ2n) is 5.71. The Kier molecular flexibility index (Phi) is 4.04. The average molecular weight is 296 g/mol. The molecule has 0 radical (unpaired) electrons. The van der Waals surface area contributed by atoms with Crippen LogP contribution >= 0.6 is 11.3 Å². The first-order valence-corrected chi connectivity index (χ1v) is 8.15. The number of para-hydroxylation sites is 1. The van der Waals surface area contributed by atoms with E-state index in [4.69, 9.17) is 5.73 Å². The van der Waals surface area contributed by atoms with Gasteiger partial charge in [0.1, 0.15) is 0 Å². The van der Waals surface area contributed by atoms with Crippen LogP contribution in [-0.2, 0) is 6.42 Å². The predicted molar refractivity (Wildman–Crippen MR) is 90.8 cm³/mol. The van der Waals surface area contributed by atoms with Gasteiger partial charge in [0.25, 0.3) is 0 Å². The highest BCUT2D eigenvalue weighted by Crippen LogP contribution is 2.26. The second-order valence-corrected chi connectivity index (χ2v) is 6.82.